The number of benzene rings is 1. The molecule has 2 atom stereocenters. The van der Waals surface area contributed by atoms with Gasteiger partial charge in [0.25, 0.3) is 0 Å². The van der Waals surface area contributed by atoms with Crippen molar-refractivity contribution in [1.82, 2.24) is 0 Å². The molecule has 3 N–H and O–H groups in total. The Morgan fingerprint density at radius 1 is 1.10 bits per heavy atom. The van der Waals surface area contributed by atoms with E-state index in [9.17, 15) is 10.2 Å². The highest BCUT2D eigenvalue weighted by Gasteiger charge is 2.19. The van der Waals surface area contributed by atoms with Crippen molar-refractivity contribution >= 4 is 0 Å². The summed E-state index contributed by atoms with van der Waals surface area (Å²) in [5.41, 5.74) is 0.472. The topological polar surface area (TPSA) is 79.2 Å². The Kier molecular flexibility index (Phi) is 6.78. The predicted molar refractivity (Wildman–Crippen MR) is 76.0 cm³/mol. The van der Waals surface area contributed by atoms with Gasteiger partial charge in [0.1, 0.15) is 12.2 Å². The van der Waals surface area contributed by atoms with Crippen LogP contribution in [0.4, 0.5) is 0 Å². The van der Waals surface area contributed by atoms with Gasteiger partial charge in [-0.05, 0) is 30.5 Å². The minimum Gasteiger partial charge on any atom is -0.493 e. The molecule has 5 nitrogen and oxygen atoms in total. The van der Waals surface area contributed by atoms with Gasteiger partial charge in [0.05, 0.1) is 19.8 Å². The molecule has 0 saturated carbocycles. The summed E-state index contributed by atoms with van der Waals surface area (Å²) in [4.78, 5) is 0. The lowest BCUT2D eigenvalue weighted by Crippen LogP contribution is -2.22. The number of methoxy groups -OCH3 is 1. The molecule has 0 heterocycles. The minimum atomic E-state index is -1.22. The average molecular weight is 284 g/mol. The summed E-state index contributed by atoms with van der Waals surface area (Å²) >= 11 is 0. The van der Waals surface area contributed by atoms with Gasteiger partial charge >= 0.3 is 0 Å². The fourth-order valence-electron chi connectivity index (χ4n) is 1.92. The van der Waals surface area contributed by atoms with Crippen LogP contribution >= 0.6 is 0 Å². The highest BCUT2D eigenvalue weighted by molar-refractivity contribution is 5.44. The molecule has 1 aromatic carbocycles. The van der Waals surface area contributed by atoms with Crippen LogP contribution in [0.15, 0.2) is 18.2 Å². The fourth-order valence-corrected chi connectivity index (χ4v) is 1.92. The van der Waals surface area contributed by atoms with Crippen LogP contribution in [0.1, 0.15) is 38.4 Å². The van der Waals surface area contributed by atoms with E-state index in [4.69, 9.17) is 14.6 Å². The third-order valence-electron chi connectivity index (χ3n) is 3.29. The molecule has 1 aromatic rings. The summed E-state index contributed by atoms with van der Waals surface area (Å²) in [6.07, 6.45) is -0.468. The molecule has 1 rings (SSSR count). The van der Waals surface area contributed by atoms with E-state index in [1.165, 1.54) is 7.11 Å². The molecule has 0 aliphatic heterocycles. The van der Waals surface area contributed by atoms with E-state index in [1.807, 2.05) is 0 Å². The van der Waals surface area contributed by atoms with Crippen LogP contribution in [-0.4, -0.2) is 41.2 Å². The van der Waals surface area contributed by atoms with Gasteiger partial charge in [-0.1, -0.05) is 19.9 Å². The van der Waals surface area contributed by atoms with Crippen molar-refractivity contribution in [2.75, 3.05) is 13.7 Å². The van der Waals surface area contributed by atoms with Gasteiger partial charge in [0.2, 0.25) is 0 Å². The van der Waals surface area contributed by atoms with Crippen molar-refractivity contribution in [3.8, 4) is 11.5 Å². The second kappa shape index (κ2) is 8.09. The Balaban J connectivity index is 2.95. The zero-order valence-corrected chi connectivity index (χ0v) is 12.2. The smallest absolute Gasteiger partial charge is 0.161 e. The van der Waals surface area contributed by atoms with E-state index < -0.39 is 18.8 Å². The number of hydrogen-bond donors (Lipinski definition) is 3. The Bertz CT molecular complexity index is 403. The van der Waals surface area contributed by atoms with E-state index in [1.54, 1.807) is 18.2 Å². The van der Waals surface area contributed by atoms with E-state index >= 15 is 0 Å². The van der Waals surface area contributed by atoms with Crippen molar-refractivity contribution in [2.45, 2.75) is 45.0 Å². The van der Waals surface area contributed by atoms with Crippen LogP contribution in [0.5, 0.6) is 11.5 Å². The first-order chi connectivity index (χ1) is 9.57. The van der Waals surface area contributed by atoms with Gasteiger partial charge < -0.3 is 24.8 Å². The first kappa shape index (κ1) is 16.8. The molecule has 5 heteroatoms. The molecule has 0 aliphatic carbocycles. The number of aliphatic hydroxyl groups excluding tert-OH is 3. The molecule has 0 saturated heterocycles. The lowest BCUT2D eigenvalue weighted by atomic mass is 10.0. The Hall–Kier alpha value is -1.30. The van der Waals surface area contributed by atoms with Crippen molar-refractivity contribution in [2.24, 2.45) is 0 Å². The zero-order valence-electron chi connectivity index (χ0n) is 12.2. The number of aliphatic hydroxyl groups is 3. The molecule has 0 amide bonds. The Morgan fingerprint density at radius 2 is 1.75 bits per heavy atom. The molecule has 2 unspecified atom stereocenters. The molecule has 0 bridgehead atoms. The summed E-state index contributed by atoms with van der Waals surface area (Å²) in [7, 11) is 1.52. The van der Waals surface area contributed by atoms with E-state index in [0.717, 1.165) is 12.8 Å². The van der Waals surface area contributed by atoms with E-state index in [2.05, 4.69) is 13.8 Å². The van der Waals surface area contributed by atoms with Crippen LogP contribution in [0.25, 0.3) is 0 Å². The molecule has 0 aliphatic rings. The molecular weight excluding hydrogens is 260 g/mol. The highest BCUT2D eigenvalue weighted by Crippen LogP contribution is 2.32. The summed E-state index contributed by atoms with van der Waals surface area (Å²) in [6, 6.07) is 4.98. The van der Waals surface area contributed by atoms with Crippen LogP contribution in [0.2, 0.25) is 0 Å². The van der Waals surface area contributed by atoms with Gasteiger partial charge in [-0.3, -0.25) is 0 Å². The van der Waals surface area contributed by atoms with Crippen LogP contribution < -0.4 is 9.47 Å². The van der Waals surface area contributed by atoms with Crippen molar-refractivity contribution in [3.63, 3.8) is 0 Å². The summed E-state index contributed by atoms with van der Waals surface area (Å²) in [5, 5.41) is 28.2. The summed E-state index contributed by atoms with van der Waals surface area (Å²) < 4.78 is 11.1. The van der Waals surface area contributed by atoms with E-state index in [-0.39, 0.29) is 6.10 Å². The standard InChI is InChI=1S/C15H24O5/c1-4-11(5-2)20-13-7-6-10(8-14(13)19-3)15(18)12(17)9-16/h6-8,11-12,15-18H,4-5,9H2,1-3H3. The normalized spacial score (nSPS) is 14.2. The van der Waals surface area contributed by atoms with Crippen LogP contribution in [0, 0.1) is 0 Å². The predicted octanol–water partition coefficient (Wildman–Crippen LogP) is 1.65. The van der Waals surface area contributed by atoms with Crippen molar-refractivity contribution in [3.05, 3.63) is 23.8 Å². The van der Waals surface area contributed by atoms with Crippen LogP contribution in [0.3, 0.4) is 0 Å². The third kappa shape index (κ3) is 4.10. The second-order valence-electron chi connectivity index (χ2n) is 4.66. The number of hydrogen-bond acceptors (Lipinski definition) is 5. The largest absolute Gasteiger partial charge is 0.493 e. The van der Waals surface area contributed by atoms with Crippen molar-refractivity contribution in [1.29, 1.82) is 0 Å². The monoisotopic (exact) mass is 284 g/mol. The minimum absolute atomic E-state index is 0.114. The fraction of sp³-hybridized carbons (Fsp3) is 0.600. The molecule has 0 aromatic heterocycles. The maximum Gasteiger partial charge on any atom is 0.161 e. The maximum atomic E-state index is 9.87. The molecule has 0 spiro atoms. The van der Waals surface area contributed by atoms with Gasteiger partial charge in [-0.2, -0.15) is 0 Å². The lowest BCUT2D eigenvalue weighted by Gasteiger charge is -2.20. The van der Waals surface area contributed by atoms with Gasteiger partial charge in [0, 0.05) is 0 Å². The number of rotatable bonds is 8. The first-order valence-electron chi connectivity index (χ1n) is 6.88. The van der Waals surface area contributed by atoms with Gasteiger partial charge in [-0.15, -0.1) is 0 Å². The lowest BCUT2D eigenvalue weighted by molar-refractivity contribution is -0.0153. The average Bonchev–Trinajstić information content (AvgIpc) is 2.50. The zero-order chi connectivity index (χ0) is 15.1. The molecule has 0 radical (unpaired) electrons. The Labute approximate surface area is 119 Å². The molecule has 114 valence electrons. The number of ether oxygens (including phenoxy) is 2. The second-order valence-corrected chi connectivity index (χ2v) is 4.66. The highest BCUT2D eigenvalue weighted by atomic mass is 16.5. The molecule has 0 fully saturated rings. The quantitative estimate of drug-likeness (QED) is 0.676. The first-order valence-corrected chi connectivity index (χ1v) is 6.88. The summed E-state index contributed by atoms with van der Waals surface area (Å²) in [5.74, 6) is 1.11. The Morgan fingerprint density at radius 3 is 2.25 bits per heavy atom. The van der Waals surface area contributed by atoms with Gasteiger partial charge in [-0.25, -0.2) is 0 Å². The molecule has 20 heavy (non-hydrogen) atoms. The summed E-state index contributed by atoms with van der Waals surface area (Å²) in [6.45, 7) is 3.60. The molecular formula is C15H24O5. The SMILES string of the molecule is CCC(CC)Oc1ccc(C(O)C(O)CO)cc1OC. The van der Waals surface area contributed by atoms with Crippen molar-refractivity contribution < 1.29 is 24.8 Å². The third-order valence-corrected chi connectivity index (χ3v) is 3.29. The van der Waals surface area contributed by atoms with Gasteiger partial charge in [0.15, 0.2) is 11.5 Å². The van der Waals surface area contributed by atoms with Crippen LogP contribution in [-0.2, 0) is 0 Å². The maximum absolute atomic E-state index is 9.87. The van der Waals surface area contributed by atoms with E-state index in [0.29, 0.717) is 17.1 Å².